The van der Waals surface area contributed by atoms with Crippen molar-refractivity contribution in [2.75, 3.05) is 25.9 Å². The van der Waals surface area contributed by atoms with E-state index in [1.54, 1.807) is 6.20 Å². The molecule has 1 aliphatic rings. The first-order chi connectivity index (χ1) is 11.0. The van der Waals surface area contributed by atoms with Crippen molar-refractivity contribution in [3.63, 3.8) is 0 Å². The molecular formula is C15H24ClFN6S. The predicted octanol–water partition coefficient (Wildman–Crippen LogP) is 1.93. The van der Waals surface area contributed by atoms with E-state index in [4.69, 9.17) is 5.73 Å². The summed E-state index contributed by atoms with van der Waals surface area (Å²) in [7, 11) is 3.98. The number of rotatable bonds is 6. The number of alkyl halides is 1. The summed E-state index contributed by atoms with van der Waals surface area (Å²) < 4.78 is 15.8. The molecule has 0 spiro atoms. The van der Waals surface area contributed by atoms with Crippen molar-refractivity contribution in [1.82, 2.24) is 24.6 Å². The van der Waals surface area contributed by atoms with Gasteiger partial charge in [-0.1, -0.05) is 0 Å². The summed E-state index contributed by atoms with van der Waals surface area (Å²) in [6.07, 6.45) is 3.44. The van der Waals surface area contributed by atoms with E-state index in [1.165, 1.54) is 11.3 Å². The Morgan fingerprint density at radius 2 is 2.29 bits per heavy atom. The number of anilines is 1. The molecule has 1 saturated heterocycles. The Morgan fingerprint density at radius 3 is 2.92 bits per heavy atom. The fourth-order valence-corrected chi connectivity index (χ4v) is 3.92. The number of likely N-dealkylation sites (tertiary alicyclic amines) is 1. The molecule has 0 bridgehead atoms. The van der Waals surface area contributed by atoms with Crippen LogP contribution in [0.2, 0.25) is 0 Å². The normalized spacial score (nSPS) is 21.3. The van der Waals surface area contributed by atoms with E-state index in [1.807, 2.05) is 24.0 Å². The topological polar surface area (TPSA) is 63.2 Å². The Balaban J connectivity index is 0.00000208. The van der Waals surface area contributed by atoms with Crippen LogP contribution in [-0.4, -0.2) is 56.9 Å². The summed E-state index contributed by atoms with van der Waals surface area (Å²) in [4.78, 5) is 9.65. The molecule has 0 amide bonds. The number of nitrogen functional groups attached to an aromatic ring is 1. The molecule has 1 aliphatic heterocycles. The average Bonchev–Trinajstić information content (AvgIpc) is 3.15. The molecule has 3 rings (SSSR count). The number of nitrogens with two attached hydrogens (primary N) is 1. The molecule has 2 aromatic rings. The fraction of sp³-hybridized carbons (Fsp3) is 0.600. The molecule has 3 heterocycles. The number of thiazole rings is 1. The molecule has 0 radical (unpaired) electrons. The van der Waals surface area contributed by atoms with Crippen LogP contribution in [0.4, 0.5) is 9.52 Å². The summed E-state index contributed by atoms with van der Waals surface area (Å²) in [6.45, 7) is 2.86. The average molecular weight is 375 g/mol. The van der Waals surface area contributed by atoms with E-state index < -0.39 is 6.17 Å². The molecule has 134 valence electrons. The van der Waals surface area contributed by atoms with Gasteiger partial charge in [0.1, 0.15) is 6.17 Å². The lowest BCUT2D eigenvalue weighted by Crippen LogP contribution is -2.38. The highest BCUT2D eigenvalue weighted by Gasteiger charge is 2.33. The number of halogens is 2. The number of aromatic nitrogens is 3. The van der Waals surface area contributed by atoms with Gasteiger partial charge in [0, 0.05) is 56.5 Å². The van der Waals surface area contributed by atoms with Crippen molar-refractivity contribution in [2.24, 2.45) is 7.05 Å². The molecule has 2 aromatic heterocycles. The van der Waals surface area contributed by atoms with Gasteiger partial charge >= 0.3 is 0 Å². The van der Waals surface area contributed by atoms with Gasteiger partial charge in [0.25, 0.3) is 0 Å². The Morgan fingerprint density at radius 1 is 1.50 bits per heavy atom. The number of hydrogen-bond donors (Lipinski definition) is 1. The molecule has 0 aromatic carbocycles. The Hall–Kier alpha value is -1.22. The minimum Gasteiger partial charge on any atom is -0.375 e. The molecule has 24 heavy (non-hydrogen) atoms. The van der Waals surface area contributed by atoms with Crippen LogP contribution in [0.25, 0.3) is 0 Å². The Kier molecular flexibility index (Phi) is 6.56. The smallest absolute Gasteiger partial charge is 0.180 e. The third kappa shape index (κ3) is 4.66. The minimum absolute atomic E-state index is 0. The summed E-state index contributed by atoms with van der Waals surface area (Å²) in [5.41, 5.74) is 6.78. The summed E-state index contributed by atoms with van der Waals surface area (Å²) in [5.74, 6) is 0. The molecular weight excluding hydrogens is 351 g/mol. The second kappa shape index (κ2) is 8.24. The van der Waals surface area contributed by atoms with Gasteiger partial charge < -0.3 is 5.73 Å². The number of likely N-dealkylation sites (N-methyl/N-ethyl adjacent to an activating group) is 1. The van der Waals surface area contributed by atoms with Crippen molar-refractivity contribution in [3.8, 4) is 0 Å². The molecule has 0 saturated carbocycles. The zero-order valence-corrected chi connectivity index (χ0v) is 15.6. The van der Waals surface area contributed by atoms with Crippen LogP contribution in [0.15, 0.2) is 18.5 Å². The lowest BCUT2D eigenvalue weighted by Gasteiger charge is -2.28. The molecule has 1 fully saturated rings. The molecule has 0 unspecified atom stereocenters. The highest BCUT2D eigenvalue weighted by atomic mass is 35.5. The third-order valence-electron chi connectivity index (χ3n) is 4.28. The van der Waals surface area contributed by atoms with Gasteiger partial charge in [-0.05, 0) is 19.5 Å². The van der Waals surface area contributed by atoms with Crippen LogP contribution in [-0.2, 0) is 20.1 Å². The zero-order chi connectivity index (χ0) is 16.4. The van der Waals surface area contributed by atoms with E-state index >= 15 is 0 Å². The quantitative estimate of drug-likeness (QED) is 0.837. The van der Waals surface area contributed by atoms with Crippen LogP contribution in [0, 0.1) is 0 Å². The molecule has 2 atom stereocenters. The largest absolute Gasteiger partial charge is 0.375 e. The van der Waals surface area contributed by atoms with Crippen LogP contribution in [0.5, 0.6) is 0 Å². The van der Waals surface area contributed by atoms with Crippen molar-refractivity contribution >= 4 is 28.9 Å². The molecule has 0 aliphatic carbocycles. The third-order valence-corrected chi connectivity index (χ3v) is 5.10. The van der Waals surface area contributed by atoms with Gasteiger partial charge in [-0.3, -0.25) is 14.5 Å². The van der Waals surface area contributed by atoms with Gasteiger partial charge in [-0.2, -0.15) is 5.10 Å². The van der Waals surface area contributed by atoms with E-state index in [0.717, 1.165) is 30.2 Å². The maximum atomic E-state index is 13.9. The first kappa shape index (κ1) is 19.1. The highest BCUT2D eigenvalue weighted by molar-refractivity contribution is 7.15. The molecule has 9 heteroatoms. The SMILES string of the molecule is CN(Cc1cnc(N)s1)C[C@@H]1C[C@H](F)CN1Cc1ccnn1C.Cl. The van der Waals surface area contributed by atoms with Crippen LogP contribution in [0.3, 0.4) is 0 Å². The lowest BCUT2D eigenvalue weighted by atomic mass is 10.2. The van der Waals surface area contributed by atoms with E-state index in [2.05, 4.69) is 26.9 Å². The number of hydrogen-bond acceptors (Lipinski definition) is 6. The molecule has 6 nitrogen and oxygen atoms in total. The van der Waals surface area contributed by atoms with E-state index in [9.17, 15) is 4.39 Å². The summed E-state index contributed by atoms with van der Waals surface area (Å²) in [6, 6.07) is 2.21. The minimum atomic E-state index is -0.749. The highest BCUT2D eigenvalue weighted by Crippen LogP contribution is 2.24. The van der Waals surface area contributed by atoms with E-state index in [-0.39, 0.29) is 18.4 Å². The van der Waals surface area contributed by atoms with Crippen molar-refractivity contribution in [2.45, 2.75) is 31.7 Å². The standard InChI is InChI=1S/C15H23FN6S.ClH/c1-20(10-14-6-18-15(17)23-14)8-13-5-11(16)7-22(13)9-12-3-4-19-21(12)2;/h3-4,6,11,13H,5,7-10H2,1-2H3,(H2,17,18);1H/t11-,13-;/m0./s1. The maximum absolute atomic E-state index is 13.9. The zero-order valence-electron chi connectivity index (χ0n) is 13.9. The van der Waals surface area contributed by atoms with E-state index in [0.29, 0.717) is 18.1 Å². The second-order valence-corrected chi connectivity index (χ2v) is 7.37. The monoisotopic (exact) mass is 374 g/mol. The van der Waals surface area contributed by atoms with Crippen LogP contribution < -0.4 is 5.73 Å². The Bertz CT molecular complexity index is 647. The first-order valence-corrected chi connectivity index (χ1v) is 8.56. The van der Waals surface area contributed by atoms with Crippen LogP contribution >= 0.6 is 23.7 Å². The Labute approximate surface area is 151 Å². The number of aryl methyl sites for hydroxylation is 1. The van der Waals surface area contributed by atoms with Crippen LogP contribution in [0.1, 0.15) is 17.0 Å². The second-order valence-electron chi connectivity index (χ2n) is 6.22. The van der Waals surface area contributed by atoms with Gasteiger partial charge in [0.2, 0.25) is 0 Å². The number of nitrogens with zero attached hydrogens (tertiary/aromatic N) is 5. The van der Waals surface area contributed by atoms with Crippen molar-refractivity contribution in [1.29, 1.82) is 0 Å². The first-order valence-electron chi connectivity index (χ1n) is 7.75. The van der Waals surface area contributed by atoms with Crippen molar-refractivity contribution in [3.05, 3.63) is 29.0 Å². The van der Waals surface area contributed by atoms with Gasteiger partial charge in [-0.15, -0.1) is 23.7 Å². The molecule has 2 N–H and O–H groups in total. The lowest BCUT2D eigenvalue weighted by molar-refractivity contribution is 0.178. The maximum Gasteiger partial charge on any atom is 0.180 e. The van der Waals surface area contributed by atoms with Gasteiger partial charge in [0.05, 0.1) is 5.69 Å². The fourth-order valence-electron chi connectivity index (χ4n) is 3.16. The van der Waals surface area contributed by atoms with Gasteiger partial charge in [-0.25, -0.2) is 9.37 Å². The van der Waals surface area contributed by atoms with Gasteiger partial charge in [0.15, 0.2) is 5.13 Å². The van der Waals surface area contributed by atoms with Crippen molar-refractivity contribution < 1.29 is 4.39 Å². The summed E-state index contributed by atoms with van der Waals surface area (Å²) in [5, 5.41) is 4.78. The summed E-state index contributed by atoms with van der Waals surface area (Å²) >= 11 is 1.51. The predicted molar refractivity (Wildman–Crippen MR) is 97.0 cm³/mol.